The molecule has 33 heavy (non-hydrogen) atoms. The molecule has 1 aromatic carbocycles. The van der Waals surface area contributed by atoms with E-state index < -0.39 is 24.2 Å². The molecule has 182 valence electrons. The first-order valence-corrected chi connectivity index (χ1v) is 11.4. The first kappa shape index (κ1) is 27.0. The van der Waals surface area contributed by atoms with Crippen LogP contribution in [-0.2, 0) is 14.3 Å². The quantitative estimate of drug-likeness (QED) is 0.257. The molecule has 0 saturated carbocycles. The van der Waals surface area contributed by atoms with Gasteiger partial charge in [-0.15, -0.1) is 0 Å². The number of nitrogens with one attached hydrogen (secondary N) is 1. The van der Waals surface area contributed by atoms with E-state index in [-0.39, 0.29) is 38.6 Å². The van der Waals surface area contributed by atoms with E-state index in [9.17, 15) is 19.5 Å². The lowest BCUT2D eigenvalue weighted by molar-refractivity contribution is -0.137. The van der Waals surface area contributed by atoms with Gasteiger partial charge in [0.25, 0.3) is 0 Å². The van der Waals surface area contributed by atoms with E-state index in [2.05, 4.69) is 5.32 Å². The number of carbonyl (C=O) groups excluding carboxylic acids is 3. The molecular weight excluding hydrogens is 547 g/mol. The lowest BCUT2D eigenvalue weighted by Crippen LogP contribution is -2.55. The number of aliphatic hydroxyl groups excluding tert-OH is 2. The van der Waals surface area contributed by atoms with Crippen molar-refractivity contribution in [3.8, 4) is 11.5 Å². The van der Waals surface area contributed by atoms with Gasteiger partial charge in [-0.3, -0.25) is 14.4 Å². The minimum atomic E-state index is -1.16. The number of benzene rings is 1. The first-order chi connectivity index (χ1) is 15.8. The molecule has 11 heteroatoms. The van der Waals surface area contributed by atoms with Gasteiger partial charge in [-0.25, -0.2) is 0 Å². The maximum Gasteiger partial charge on any atom is 0.247 e. The van der Waals surface area contributed by atoms with Crippen LogP contribution in [0.5, 0.6) is 11.5 Å². The second-order valence-corrected chi connectivity index (χ2v) is 8.54. The summed E-state index contributed by atoms with van der Waals surface area (Å²) < 4.78 is 17.1. The third-order valence-electron chi connectivity index (χ3n) is 5.20. The fourth-order valence-corrected chi connectivity index (χ4v) is 4.34. The van der Waals surface area contributed by atoms with Crippen LogP contribution in [0.1, 0.15) is 23.7 Å². The van der Waals surface area contributed by atoms with Crippen LogP contribution in [0.4, 0.5) is 0 Å². The average Bonchev–Trinajstić information content (AvgIpc) is 2.80. The highest BCUT2D eigenvalue weighted by Crippen LogP contribution is 2.36. The Kier molecular flexibility index (Phi) is 10.5. The molecule has 0 heterocycles. The molecule has 0 spiro atoms. The molecule has 10 nitrogen and oxygen atoms in total. The van der Waals surface area contributed by atoms with Gasteiger partial charge in [0.05, 0.1) is 29.9 Å². The summed E-state index contributed by atoms with van der Waals surface area (Å²) in [7, 11) is 2.94. The molecule has 1 aromatic rings. The van der Waals surface area contributed by atoms with E-state index >= 15 is 0 Å². The normalized spacial score (nSPS) is 19.9. The van der Waals surface area contributed by atoms with E-state index in [4.69, 9.17) is 19.3 Å². The third kappa shape index (κ3) is 6.88. The molecule has 0 bridgehead atoms. The minimum absolute atomic E-state index is 0.0634. The zero-order valence-electron chi connectivity index (χ0n) is 18.7. The van der Waals surface area contributed by atoms with Crippen LogP contribution in [0.15, 0.2) is 23.8 Å². The van der Waals surface area contributed by atoms with Crippen molar-refractivity contribution >= 4 is 40.7 Å². The highest BCUT2D eigenvalue weighted by molar-refractivity contribution is 14.1. The Bertz CT molecular complexity index is 891. The molecule has 3 unspecified atom stereocenters. The number of nitrogens with zero attached hydrogens (tertiary/aromatic N) is 1. The van der Waals surface area contributed by atoms with Crippen LogP contribution in [0.25, 0.3) is 0 Å². The van der Waals surface area contributed by atoms with Crippen LogP contribution < -0.4 is 14.8 Å². The summed E-state index contributed by atoms with van der Waals surface area (Å²) in [5.41, 5.74) is 0.707. The fraction of sp³-hybridized carbons (Fsp3) is 0.500. The topological polar surface area (TPSA) is 135 Å². The molecule has 3 atom stereocenters. The molecule has 1 aliphatic rings. The van der Waals surface area contributed by atoms with Crippen molar-refractivity contribution in [1.82, 2.24) is 10.2 Å². The summed E-state index contributed by atoms with van der Waals surface area (Å²) in [6.07, 6.45) is 0.133. The number of methoxy groups -OCH3 is 2. The number of aliphatic hydroxyl groups is 2. The summed E-state index contributed by atoms with van der Waals surface area (Å²) >= 11 is 1.99. The molecule has 2 amide bonds. The van der Waals surface area contributed by atoms with Crippen molar-refractivity contribution in [2.45, 2.75) is 31.6 Å². The number of amides is 2. The Morgan fingerprint density at radius 3 is 2.64 bits per heavy atom. The van der Waals surface area contributed by atoms with Gasteiger partial charge >= 0.3 is 0 Å². The van der Waals surface area contributed by atoms with Crippen molar-refractivity contribution in [3.63, 3.8) is 0 Å². The first-order valence-electron chi connectivity index (χ1n) is 10.3. The van der Waals surface area contributed by atoms with E-state index in [1.807, 2.05) is 22.6 Å². The standard InChI is InChI=1S/C22H29IN2O8/c1-13(28)25(5-7-31-2)17-10-15(22(30)24-4-6-26)11-18(20(17)29)33-21-16(23)8-14(12-27)9-19(21)32-3/h8-9,11-12,17-18,20,26,29H,4-7,10H2,1-3H3,(H,24,30). The molecule has 0 fully saturated rings. The molecule has 2 rings (SSSR count). The highest BCUT2D eigenvalue weighted by atomic mass is 127. The number of aldehydes is 1. The predicted molar refractivity (Wildman–Crippen MR) is 127 cm³/mol. The van der Waals surface area contributed by atoms with E-state index in [0.29, 0.717) is 32.5 Å². The maximum atomic E-state index is 12.7. The van der Waals surface area contributed by atoms with Gasteiger partial charge in [0, 0.05) is 44.7 Å². The molecule has 1 aliphatic carbocycles. The van der Waals surface area contributed by atoms with Gasteiger partial charge in [-0.2, -0.15) is 0 Å². The van der Waals surface area contributed by atoms with Crippen molar-refractivity contribution in [1.29, 1.82) is 0 Å². The molecule has 0 saturated heterocycles. The van der Waals surface area contributed by atoms with Gasteiger partial charge < -0.3 is 34.6 Å². The Hall–Kier alpha value is -2.22. The number of hydrogen-bond acceptors (Lipinski definition) is 8. The van der Waals surface area contributed by atoms with Crippen LogP contribution in [-0.4, -0.2) is 92.0 Å². The Balaban J connectivity index is 2.46. The fourth-order valence-electron chi connectivity index (χ4n) is 3.58. The monoisotopic (exact) mass is 576 g/mol. The van der Waals surface area contributed by atoms with Gasteiger partial charge in [0.15, 0.2) is 11.5 Å². The van der Waals surface area contributed by atoms with E-state index in [1.54, 1.807) is 6.07 Å². The van der Waals surface area contributed by atoms with Crippen molar-refractivity contribution in [2.75, 3.05) is 40.5 Å². The Labute approximate surface area is 206 Å². The SMILES string of the molecule is COCCN(C(C)=O)C1CC(C(=O)NCCO)=CC(Oc2c(I)cc(C=O)cc2OC)C1O. The van der Waals surface area contributed by atoms with Gasteiger partial charge in [-0.1, -0.05) is 0 Å². The minimum Gasteiger partial charge on any atom is -0.493 e. The summed E-state index contributed by atoms with van der Waals surface area (Å²) in [4.78, 5) is 37.7. The lowest BCUT2D eigenvalue weighted by Gasteiger charge is -2.40. The number of hydrogen-bond donors (Lipinski definition) is 3. The lowest BCUT2D eigenvalue weighted by atomic mass is 9.88. The summed E-state index contributed by atoms with van der Waals surface area (Å²) in [6, 6.07) is 2.37. The summed E-state index contributed by atoms with van der Waals surface area (Å²) in [5, 5.41) is 22.8. The zero-order valence-corrected chi connectivity index (χ0v) is 20.9. The number of ether oxygens (including phenoxy) is 3. The second-order valence-electron chi connectivity index (χ2n) is 7.37. The molecule has 0 aliphatic heterocycles. The number of halogens is 1. The maximum absolute atomic E-state index is 12.7. The summed E-state index contributed by atoms with van der Waals surface area (Å²) in [5.74, 6) is -0.121. The van der Waals surface area contributed by atoms with Crippen LogP contribution in [0.2, 0.25) is 0 Å². The van der Waals surface area contributed by atoms with Crippen LogP contribution in [0.3, 0.4) is 0 Å². The average molecular weight is 576 g/mol. The van der Waals surface area contributed by atoms with E-state index in [0.717, 1.165) is 0 Å². The van der Waals surface area contributed by atoms with E-state index in [1.165, 1.54) is 38.2 Å². The zero-order chi connectivity index (χ0) is 24.5. The third-order valence-corrected chi connectivity index (χ3v) is 6.00. The Morgan fingerprint density at radius 1 is 1.33 bits per heavy atom. The Morgan fingerprint density at radius 2 is 2.06 bits per heavy atom. The molecule has 0 aromatic heterocycles. The second kappa shape index (κ2) is 12.9. The van der Waals surface area contributed by atoms with Gasteiger partial charge in [0.2, 0.25) is 11.8 Å². The van der Waals surface area contributed by atoms with Crippen molar-refractivity contribution in [2.24, 2.45) is 0 Å². The largest absolute Gasteiger partial charge is 0.493 e. The smallest absolute Gasteiger partial charge is 0.247 e. The van der Waals surface area contributed by atoms with Crippen LogP contribution in [0, 0.1) is 3.57 Å². The molecule has 0 radical (unpaired) electrons. The molecule has 3 N–H and O–H groups in total. The van der Waals surface area contributed by atoms with Crippen LogP contribution >= 0.6 is 22.6 Å². The predicted octanol–water partition coefficient (Wildman–Crippen LogP) is 0.523. The van der Waals surface area contributed by atoms with Gasteiger partial charge in [0.1, 0.15) is 18.5 Å². The number of carbonyl (C=O) groups is 3. The van der Waals surface area contributed by atoms with Crippen molar-refractivity contribution in [3.05, 3.63) is 32.9 Å². The molecular formula is C22H29IN2O8. The number of rotatable bonds is 11. The highest BCUT2D eigenvalue weighted by Gasteiger charge is 2.40. The van der Waals surface area contributed by atoms with Crippen molar-refractivity contribution < 1.29 is 38.8 Å². The summed E-state index contributed by atoms with van der Waals surface area (Å²) in [6.45, 7) is 1.70. The van der Waals surface area contributed by atoms with Gasteiger partial charge in [-0.05, 0) is 40.8 Å².